The van der Waals surface area contributed by atoms with Gasteiger partial charge in [0.15, 0.2) is 0 Å². The number of benzene rings is 1. The van der Waals surface area contributed by atoms with E-state index in [1.54, 1.807) is 6.33 Å². The van der Waals surface area contributed by atoms with Gasteiger partial charge in [-0.15, -0.1) is 0 Å². The molecule has 2 rings (SSSR count). The molecule has 2 nitrogen and oxygen atoms in total. The molecule has 55 valence electrons. The van der Waals surface area contributed by atoms with E-state index in [0.717, 1.165) is 16.6 Å². The van der Waals surface area contributed by atoms with E-state index in [-0.39, 0.29) is 0 Å². The second-order valence-electron chi connectivity index (χ2n) is 2.29. The van der Waals surface area contributed by atoms with Crippen molar-refractivity contribution in [1.82, 2.24) is 9.97 Å². The molecule has 3 heteroatoms. The first-order valence-corrected chi connectivity index (χ1v) is 4.18. The van der Waals surface area contributed by atoms with E-state index in [9.17, 15) is 0 Å². The van der Waals surface area contributed by atoms with Gasteiger partial charge < -0.3 is 4.98 Å². The second-order valence-corrected chi connectivity index (χ2v) is 2.75. The van der Waals surface area contributed by atoms with Gasteiger partial charge >= 0.3 is 0 Å². The molecule has 1 aromatic carbocycles. The Morgan fingerprint density at radius 2 is 2.36 bits per heavy atom. The average Bonchev–Trinajstić information content (AvgIpc) is 2.50. The molecule has 0 bridgehead atoms. The van der Waals surface area contributed by atoms with Gasteiger partial charge in [-0.3, -0.25) is 0 Å². The van der Waals surface area contributed by atoms with E-state index in [0.29, 0.717) is 0 Å². The van der Waals surface area contributed by atoms with Crippen molar-refractivity contribution in [2.45, 2.75) is 0 Å². The highest BCUT2D eigenvalue weighted by Gasteiger charge is 1.95. The number of hydrogen-bond acceptors (Lipinski definition) is 1. The third-order valence-corrected chi connectivity index (χ3v) is 2.10. The van der Waals surface area contributed by atoms with Crippen molar-refractivity contribution in [3.8, 4) is 0 Å². The molecular weight excluding hydrogens is 204 g/mol. The average molecular weight is 210 g/mol. The Labute approximate surface area is 72.8 Å². The Balaban J connectivity index is 2.67. The molecule has 1 N–H and O–H groups in total. The molecular formula is C8H6BrN2. The molecule has 0 amide bonds. The van der Waals surface area contributed by atoms with Crippen LogP contribution in [-0.4, -0.2) is 9.97 Å². The van der Waals surface area contributed by atoms with Gasteiger partial charge in [0.1, 0.15) is 0 Å². The highest BCUT2D eigenvalue weighted by atomic mass is 79.9. The fourth-order valence-electron chi connectivity index (χ4n) is 1.02. The summed E-state index contributed by atoms with van der Waals surface area (Å²) in [6.07, 6.45) is 1.70. The summed E-state index contributed by atoms with van der Waals surface area (Å²) in [7, 11) is 0. The monoisotopic (exact) mass is 209 g/mol. The van der Waals surface area contributed by atoms with Crippen LogP contribution in [0.5, 0.6) is 0 Å². The van der Waals surface area contributed by atoms with Crippen molar-refractivity contribution in [1.29, 1.82) is 0 Å². The van der Waals surface area contributed by atoms with E-state index in [4.69, 9.17) is 0 Å². The number of aromatic nitrogens is 2. The summed E-state index contributed by atoms with van der Waals surface area (Å²) >= 11 is 3.27. The predicted octanol–water partition coefficient (Wildman–Crippen LogP) is 2.47. The van der Waals surface area contributed by atoms with Gasteiger partial charge in [-0.1, -0.05) is 22.0 Å². The first-order valence-electron chi connectivity index (χ1n) is 3.27. The highest BCUT2D eigenvalue weighted by molar-refractivity contribution is 9.10. The summed E-state index contributed by atoms with van der Waals surface area (Å²) in [6.45, 7) is 0. The minimum absolute atomic E-state index is 0.998. The smallest absolute Gasteiger partial charge is 0.0931 e. The number of aromatic amines is 1. The third kappa shape index (κ3) is 1.16. The number of imidazole rings is 1. The van der Waals surface area contributed by atoms with E-state index >= 15 is 0 Å². The fourth-order valence-corrected chi connectivity index (χ4v) is 1.30. The molecule has 1 heterocycles. The molecule has 11 heavy (non-hydrogen) atoms. The van der Waals surface area contributed by atoms with Crippen LogP contribution < -0.4 is 0 Å². The molecule has 1 aromatic heterocycles. The van der Waals surface area contributed by atoms with Crippen molar-refractivity contribution >= 4 is 27.0 Å². The van der Waals surface area contributed by atoms with Crippen LogP contribution in [0, 0.1) is 5.33 Å². The van der Waals surface area contributed by atoms with Crippen molar-refractivity contribution in [3.05, 3.63) is 35.4 Å². The highest BCUT2D eigenvalue weighted by Crippen LogP contribution is 2.14. The van der Waals surface area contributed by atoms with E-state index < -0.39 is 0 Å². The van der Waals surface area contributed by atoms with Gasteiger partial charge in [0.05, 0.1) is 22.7 Å². The number of nitrogens with one attached hydrogen (secondary N) is 1. The molecule has 2 aromatic rings. The predicted molar refractivity (Wildman–Crippen MR) is 48.4 cm³/mol. The Morgan fingerprint density at radius 1 is 1.45 bits per heavy atom. The zero-order valence-corrected chi connectivity index (χ0v) is 7.30. The first kappa shape index (κ1) is 6.85. The number of nitrogens with zero attached hydrogens (tertiary/aromatic N) is 1. The maximum absolute atomic E-state index is 4.13. The van der Waals surface area contributed by atoms with E-state index in [1.165, 1.54) is 0 Å². The molecule has 0 fully saturated rings. The number of hydrogen-bond donors (Lipinski definition) is 1. The lowest BCUT2D eigenvalue weighted by Gasteiger charge is -1.92. The summed E-state index contributed by atoms with van der Waals surface area (Å²) in [5.41, 5.74) is 3.20. The quantitative estimate of drug-likeness (QED) is 0.769. The Kier molecular flexibility index (Phi) is 1.66. The molecule has 1 radical (unpaired) electrons. The summed E-state index contributed by atoms with van der Waals surface area (Å²) in [4.78, 5) is 7.16. The Bertz CT molecular complexity index is 367. The zero-order valence-electron chi connectivity index (χ0n) is 5.71. The van der Waals surface area contributed by atoms with Crippen molar-refractivity contribution in [3.63, 3.8) is 0 Å². The Morgan fingerprint density at radius 3 is 3.18 bits per heavy atom. The van der Waals surface area contributed by atoms with Gasteiger partial charge in [-0.2, -0.15) is 0 Å². The SMILES string of the molecule is Br[CH]c1ccc2[nH]cnc2c1. The molecule has 0 aliphatic rings. The fraction of sp³-hybridized carbons (Fsp3) is 0. The van der Waals surface area contributed by atoms with Crippen molar-refractivity contribution in [2.24, 2.45) is 0 Å². The molecule has 0 unspecified atom stereocenters. The minimum atomic E-state index is 0.998. The summed E-state index contributed by atoms with van der Waals surface area (Å²) in [5, 5.41) is 1.88. The largest absolute Gasteiger partial charge is 0.345 e. The third-order valence-electron chi connectivity index (χ3n) is 1.57. The van der Waals surface area contributed by atoms with E-state index in [1.807, 2.05) is 23.5 Å². The molecule has 0 saturated heterocycles. The minimum Gasteiger partial charge on any atom is -0.345 e. The van der Waals surface area contributed by atoms with Gasteiger partial charge in [0, 0.05) is 0 Å². The van der Waals surface area contributed by atoms with Crippen LogP contribution >= 0.6 is 15.9 Å². The lowest BCUT2D eigenvalue weighted by atomic mass is 10.2. The molecule has 0 aliphatic heterocycles. The lowest BCUT2D eigenvalue weighted by Crippen LogP contribution is -1.74. The number of H-pyrrole nitrogens is 1. The lowest BCUT2D eigenvalue weighted by molar-refractivity contribution is 1.34. The van der Waals surface area contributed by atoms with Crippen LogP contribution in [0.4, 0.5) is 0 Å². The standard InChI is InChI=1S/C8H6BrN2/c9-4-6-1-2-7-8(3-6)11-5-10-7/h1-5H,(H,10,11). The molecule has 0 atom stereocenters. The van der Waals surface area contributed by atoms with E-state index in [2.05, 4.69) is 25.9 Å². The number of rotatable bonds is 1. The van der Waals surface area contributed by atoms with Crippen LogP contribution in [0.15, 0.2) is 24.5 Å². The summed E-state index contributed by atoms with van der Waals surface area (Å²) in [6, 6.07) is 6.05. The van der Waals surface area contributed by atoms with Gasteiger partial charge in [-0.25, -0.2) is 4.98 Å². The zero-order chi connectivity index (χ0) is 7.68. The molecule has 0 spiro atoms. The normalized spacial score (nSPS) is 10.6. The first-order chi connectivity index (χ1) is 5.40. The number of fused-ring (bicyclic) bond motifs is 1. The Hall–Kier alpha value is -0.830. The van der Waals surface area contributed by atoms with Crippen molar-refractivity contribution in [2.75, 3.05) is 0 Å². The summed E-state index contributed by atoms with van der Waals surface area (Å²) < 4.78 is 0. The molecule has 0 aliphatic carbocycles. The summed E-state index contributed by atoms with van der Waals surface area (Å²) in [5.74, 6) is 0. The van der Waals surface area contributed by atoms with Crippen LogP contribution in [0.2, 0.25) is 0 Å². The molecule has 0 saturated carbocycles. The van der Waals surface area contributed by atoms with Crippen molar-refractivity contribution < 1.29 is 0 Å². The maximum Gasteiger partial charge on any atom is 0.0931 e. The second kappa shape index (κ2) is 2.66. The maximum atomic E-state index is 4.13. The van der Waals surface area contributed by atoms with Crippen LogP contribution in [0.3, 0.4) is 0 Å². The number of halogens is 1. The van der Waals surface area contributed by atoms with Gasteiger partial charge in [0.25, 0.3) is 0 Å². The van der Waals surface area contributed by atoms with Crippen LogP contribution in [0.25, 0.3) is 11.0 Å². The van der Waals surface area contributed by atoms with Gasteiger partial charge in [-0.05, 0) is 17.7 Å². The van der Waals surface area contributed by atoms with Crippen LogP contribution in [-0.2, 0) is 0 Å². The van der Waals surface area contributed by atoms with Crippen LogP contribution in [0.1, 0.15) is 5.56 Å². The topological polar surface area (TPSA) is 28.7 Å². The van der Waals surface area contributed by atoms with Gasteiger partial charge in [0.2, 0.25) is 0 Å².